The molecular weight excluding hydrogens is 463 g/mol. The van der Waals surface area contributed by atoms with Crippen molar-refractivity contribution >= 4 is 29.1 Å². The first-order valence-corrected chi connectivity index (χ1v) is 11.1. The lowest BCUT2D eigenvalue weighted by atomic mass is 10.2. The van der Waals surface area contributed by atoms with E-state index < -0.39 is 11.6 Å². The summed E-state index contributed by atoms with van der Waals surface area (Å²) in [6.45, 7) is 1.00. The molecule has 2 aromatic rings. The Hall–Kier alpha value is -2.13. The van der Waals surface area contributed by atoms with Crippen molar-refractivity contribution in [3.8, 4) is 11.5 Å². The van der Waals surface area contributed by atoms with Gasteiger partial charge in [-0.05, 0) is 56.5 Å². The number of rotatable bonds is 11. The highest BCUT2D eigenvalue weighted by atomic mass is 35.5. The Kier molecular flexibility index (Phi) is 9.35. The molecule has 174 valence electrons. The van der Waals surface area contributed by atoms with E-state index in [9.17, 15) is 13.6 Å². The van der Waals surface area contributed by atoms with Crippen LogP contribution in [0, 0.1) is 11.6 Å². The maximum Gasteiger partial charge on any atom is 0.271 e. The Labute approximate surface area is 195 Å². The molecule has 1 aliphatic rings. The molecule has 3 N–H and O–H groups in total. The van der Waals surface area contributed by atoms with Crippen molar-refractivity contribution in [1.29, 1.82) is 0 Å². The van der Waals surface area contributed by atoms with Crippen molar-refractivity contribution in [2.75, 3.05) is 19.8 Å². The van der Waals surface area contributed by atoms with Gasteiger partial charge in [0.1, 0.15) is 23.1 Å². The van der Waals surface area contributed by atoms with Gasteiger partial charge < -0.3 is 14.8 Å². The monoisotopic (exact) mass is 487 g/mol. The van der Waals surface area contributed by atoms with Gasteiger partial charge in [0.15, 0.2) is 6.61 Å². The van der Waals surface area contributed by atoms with Crippen LogP contribution in [-0.4, -0.2) is 37.7 Å². The van der Waals surface area contributed by atoms with Crippen LogP contribution in [0.25, 0.3) is 0 Å². The molecule has 1 aliphatic carbocycles. The minimum atomic E-state index is -0.599. The van der Waals surface area contributed by atoms with E-state index in [2.05, 4.69) is 16.2 Å². The number of hydrogen-bond donors (Lipinski definition) is 3. The summed E-state index contributed by atoms with van der Waals surface area (Å²) in [5.41, 5.74) is 5.64. The molecule has 0 radical (unpaired) electrons. The highest BCUT2D eigenvalue weighted by Crippen LogP contribution is 2.22. The van der Waals surface area contributed by atoms with E-state index in [1.165, 1.54) is 24.3 Å². The third-order valence-corrected chi connectivity index (χ3v) is 5.64. The lowest BCUT2D eigenvalue weighted by Crippen LogP contribution is -2.45. The molecule has 0 heterocycles. The van der Waals surface area contributed by atoms with Gasteiger partial charge in [0.05, 0.1) is 16.7 Å². The van der Waals surface area contributed by atoms with Crippen LogP contribution in [-0.2, 0) is 4.79 Å². The van der Waals surface area contributed by atoms with Gasteiger partial charge in [0.25, 0.3) is 5.91 Å². The SMILES string of the molecule is O=C(COc1ccc(Cl)c(F)c1)NNC1CCC(NCCCOc2ccc(Cl)c(F)c2)C1. The number of amides is 1. The largest absolute Gasteiger partial charge is 0.493 e. The Morgan fingerprint density at radius 2 is 1.59 bits per heavy atom. The summed E-state index contributed by atoms with van der Waals surface area (Å²) in [6.07, 6.45) is 3.55. The maximum absolute atomic E-state index is 13.4. The molecule has 0 aliphatic heterocycles. The van der Waals surface area contributed by atoms with Crippen LogP contribution in [0.1, 0.15) is 25.7 Å². The zero-order chi connectivity index (χ0) is 22.9. The fraction of sp³-hybridized carbons (Fsp3) is 0.409. The minimum absolute atomic E-state index is 0.00247. The molecule has 0 spiro atoms. The number of benzene rings is 2. The standard InChI is InChI=1S/C22H25Cl2F2N3O3/c23-18-6-4-16(11-20(18)25)31-9-1-8-27-14-2-3-15(10-14)28-29-22(30)13-32-17-5-7-19(24)21(26)12-17/h4-7,11-12,14-15,27-28H,1-3,8-10,13H2,(H,29,30). The van der Waals surface area contributed by atoms with E-state index in [1.807, 2.05) is 0 Å². The van der Waals surface area contributed by atoms with E-state index in [1.54, 1.807) is 6.07 Å². The molecule has 1 fully saturated rings. The van der Waals surface area contributed by atoms with Gasteiger partial charge in [-0.3, -0.25) is 10.2 Å². The molecule has 10 heteroatoms. The number of nitrogens with one attached hydrogen (secondary N) is 3. The van der Waals surface area contributed by atoms with Crippen molar-refractivity contribution in [2.45, 2.75) is 37.8 Å². The topological polar surface area (TPSA) is 71.6 Å². The molecule has 3 rings (SSSR count). The molecule has 1 amide bonds. The van der Waals surface area contributed by atoms with E-state index in [0.29, 0.717) is 18.4 Å². The minimum Gasteiger partial charge on any atom is -0.493 e. The lowest BCUT2D eigenvalue weighted by Gasteiger charge is -2.16. The van der Waals surface area contributed by atoms with Crippen LogP contribution in [0.3, 0.4) is 0 Å². The lowest BCUT2D eigenvalue weighted by molar-refractivity contribution is -0.124. The fourth-order valence-corrected chi connectivity index (χ4v) is 3.60. The molecule has 2 unspecified atom stereocenters. The second-order valence-corrected chi connectivity index (χ2v) is 8.31. The second kappa shape index (κ2) is 12.2. The zero-order valence-corrected chi connectivity index (χ0v) is 18.8. The van der Waals surface area contributed by atoms with E-state index in [4.69, 9.17) is 32.7 Å². The van der Waals surface area contributed by atoms with E-state index in [0.717, 1.165) is 38.3 Å². The number of carbonyl (C=O) groups excluding carboxylic acids is 1. The van der Waals surface area contributed by atoms with Crippen molar-refractivity contribution in [1.82, 2.24) is 16.2 Å². The van der Waals surface area contributed by atoms with Crippen molar-refractivity contribution in [3.63, 3.8) is 0 Å². The van der Waals surface area contributed by atoms with Crippen LogP contribution >= 0.6 is 23.2 Å². The number of hydrazine groups is 1. The summed E-state index contributed by atoms with van der Waals surface area (Å²) in [7, 11) is 0. The first-order chi connectivity index (χ1) is 15.4. The Morgan fingerprint density at radius 3 is 2.25 bits per heavy atom. The number of carbonyl (C=O) groups is 1. The molecule has 0 aromatic heterocycles. The summed E-state index contributed by atoms with van der Waals surface area (Å²) >= 11 is 11.3. The highest BCUT2D eigenvalue weighted by molar-refractivity contribution is 6.31. The number of halogens is 4. The first-order valence-electron chi connectivity index (χ1n) is 10.3. The van der Waals surface area contributed by atoms with Crippen LogP contribution in [0.4, 0.5) is 8.78 Å². The first kappa shape index (κ1) is 24.5. The van der Waals surface area contributed by atoms with Crippen molar-refractivity contribution < 1.29 is 23.0 Å². The second-order valence-electron chi connectivity index (χ2n) is 7.50. The average molecular weight is 488 g/mol. The molecule has 6 nitrogen and oxygen atoms in total. The van der Waals surface area contributed by atoms with Gasteiger partial charge in [-0.25, -0.2) is 14.2 Å². The van der Waals surface area contributed by atoms with Gasteiger partial charge in [0.2, 0.25) is 0 Å². The molecule has 0 saturated heterocycles. The average Bonchev–Trinajstić information content (AvgIpc) is 3.23. The third kappa shape index (κ3) is 7.78. The van der Waals surface area contributed by atoms with Gasteiger partial charge in [-0.2, -0.15) is 0 Å². The summed E-state index contributed by atoms with van der Waals surface area (Å²) in [5.74, 6) is -0.759. The van der Waals surface area contributed by atoms with Crippen LogP contribution in [0.2, 0.25) is 10.0 Å². The molecule has 2 atom stereocenters. The molecule has 2 aromatic carbocycles. The summed E-state index contributed by atoms with van der Waals surface area (Å²) in [6, 6.07) is 8.88. The van der Waals surface area contributed by atoms with Crippen LogP contribution in [0.15, 0.2) is 36.4 Å². The van der Waals surface area contributed by atoms with Gasteiger partial charge >= 0.3 is 0 Å². The highest BCUT2D eigenvalue weighted by Gasteiger charge is 2.24. The predicted octanol–water partition coefficient (Wildman–Crippen LogP) is 4.25. The van der Waals surface area contributed by atoms with E-state index >= 15 is 0 Å². The maximum atomic E-state index is 13.4. The predicted molar refractivity (Wildman–Crippen MR) is 119 cm³/mol. The molecule has 1 saturated carbocycles. The van der Waals surface area contributed by atoms with Crippen molar-refractivity contribution in [2.24, 2.45) is 0 Å². The van der Waals surface area contributed by atoms with Gasteiger partial charge in [-0.15, -0.1) is 0 Å². The normalized spacial score (nSPS) is 17.9. The number of hydrogen-bond acceptors (Lipinski definition) is 5. The quantitative estimate of drug-likeness (QED) is 0.326. The van der Waals surface area contributed by atoms with E-state index in [-0.39, 0.29) is 34.4 Å². The zero-order valence-electron chi connectivity index (χ0n) is 17.3. The Morgan fingerprint density at radius 1 is 0.969 bits per heavy atom. The molecule has 32 heavy (non-hydrogen) atoms. The Balaban J connectivity index is 1.24. The van der Waals surface area contributed by atoms with Crippen LogP contribution in [0.5, 0.6) is 11.5 Å². The fourth-order valence-electron chi connectivity index (χ4n) is 3.37. The summed E-state index contributed by atoms with van der Waals surface area (Å²) in [4.78, 5) is 11.9. The smallest absolute Gasteiger partial charge is 0.271 e. The summed E-state index contributed by atoms with van der Waals surface area (Å²) in [5, 5.41) is 3.53. The Bertz CT molecular complexity index is 920. The molecule has 0 bridgehead atoms. The third-order valence-electron chi connectivity index (χ3n) is 5.02. The summed E-state index contributed by atoms with van der Waals surface area (Å²) < 4.78 is 37.5. The number of ether oxygens (including phenoxy) is 2. The molecular formula is C22H25Cl2F2N3O3. The van der Waals surface area contributed by atoms with Gasteiger partial charge in [-0.1, -0.05) is 23.2 Å². The van der Waals surface area contributed by atoms with Crippen LogP contribution < -0.4 is 25.6 Å². The van der Waals surface area contributed by atoms with Gasteiger partial charge in [0, 0.05) is 24.2 Å². The van der Waals surface area contributed by atoms with Crippen molar-refractivity contribution in [3.05, 3.63) is 58.1 Å².